The Balaban J connectivity index is 1.67. The van der Waals surface area contributed by atoms with Crippen molar-refractivity contribution in [1.82, 2.24) is 7.36 Å². The van der Waals surface area contributed by atoms with Gasteiger partial charge < -0.3 is 0 Å². The minimum absolute atomic E-state index is 0.606. The molecule has 5 heteroatoms. The Labute approximate surface area is 209 Å². The number of hydrogen-bond donors (Lipinski definition) is 1. The Morgan fingerprint density at radius 1 is 0.879 bits per heavy atom. The van der Waals surface area contributed by atoms with E-state index in [1.165, 1.54) is 0 Å². The first kappa shape index (κ1) is 21.7. The molecule has 0 radical (unpaired) electrons. The second kappa shape index (κ2) is 9.04. The molecule has 1 heterocycles. The van der Waals surface area contributed by atoms with Gasteiger partial charge in [-0.1, -0.05) is 36.4 Å². The van der Waals surface area contributed by atoms with Crippen LogP contribution in [-0.4, -0.2) is 44.2 Å². The SMILES string of the molecule is CC(O)(c1c[n]([Tl])cn1)c1cccc2ccc(N=C(c3ccccc3)c3ccccc3)cc12. The number of aliphatic imine (C=N–C) groups is 1. The van der Waals surface area contributed by atoms with E-state index < -0.39 is 5.60 Å². The van der Waals surface area contributed by atoms with Gasteiger partial charge in [-0.25, -0.2) is 0 Å². The zero-order chi connectivity index (χ0) is 22.8. The van der Waals surface area contributed by atoms with Crippen molar-refractivity contribution in [2.75, 3.05) is 0 Å². The van der Waals surface area contributed by atoms with E-state index in [0.717, 1.165) is 38.9 Å². The molecule has 33 heavy (non-hydrogen) atoms. The van der Waals surface area contributed by atoms with Crippen molar-refractivity contribution in [3.05, 3.63) is 132 Å². The van der Waals surface area contributed by atoms with Gasteiger partial charge in [-0.3, -0.25) is 0 Å². The third kappa shape index (κ3) is 4.41. The molecule has 4 nitrogen and oxygen atoms in total. The van der Waals surface area contributed by atoms with E-state index in [4.69, 9.17) is 4.99 Å². The van der Waals surface area contributed by atoms with Gasteiger partial charge in [0, 0.05) is 0 Å². The number of hydrogen-bond acceptors (Lipinski definition) is 3. The van der Waals surface area contributed by atoms with Crippen LogP contribution in [0.15, 0.2) is 115 Å². The van der Waals surface area contributed by atoms with Gasteiger partial charge in [-0.2, -0.15) is 0 Å². The van der Waals surface area contributed by atoms with Gasteiger partial charge in [0.1, 0.15) is 0 Å². The van der Waals surface area contributed by atoms with E-state index in [-0.39, 0.29) is 0 Å². The van der Waals surface area contributed by atoms with Crippen molar-refractivity contribution in [2.45, 2.75) is 12.5 Å². The number of benzene rings is 4. The van der Waals surface area contributed by atoms with E-state index in [9.17, 15) is 5.11 Å². The Morgan fingerprint density at radius 3 is 2.15 bits per heavy atom. The van der Waals surface area contributed by atoms with E-state index in [2.05, 4.69) is 47.4 Å². The van der Waals surface area contributed by atoms with Gasteiger partial charge in [0.15, 0.2) is 0 Å². The van der Waals surface area contributed by atoms with Gasteiger partial charge in [-0.15, -0.1) is 0 Å². The summed E-state index contributed by atoms with van der Waals surface area (Å²) < 4.78 is 2.01. The van der Waals surface area contributed by atoms with Crippen LogP contribution < -0.4 is 0 Å². The molecule has 158 valence electrons. The van der Waals surface area contributed by atoms with E-state index in [0.29, 0.717) is 31.8 Å². The summed E-state index contributed by atoms with van der Waals surface area (Å²) in [6.45, 7) is 1.81. The second-order valence-electron chi connectivity index (χ2n) is 8.18. The normalized spacial score (nSPS) is 12.9. The molecular weight excluding hydrogens is 599 g/mol. The van der Waals surface area contributed by atoms with Gasteiger partial charge in [0.2, 0.25) is 0 Å². The summed E-state index contributed by atoms with van der Waals surface area (Å²) in [6, 6.07) is 32.6. The van der Waals surface area contributed by atoms with Crippen molar-refractivity contribution in [3.63, 3.8) is 0 Å². The molecule has 5 rings (SSSR count). The maximum atomic E-state index is 11.5. The molecule has 0 amide bonds. The number of imidazole rings is 1. The third-order valence-corrected chi connectivity index (χ3v) is 6.92. The van der Waals surface area contributed by atoms with Crippen molar-refractivity contribution in [2.24, 2.45) is 4.99 Å². The summed E-state index contributed by atoms with van der Waals surface area (Å²) >= 11 is 0.606. The Morgan fingerprint density at radius 2 is 1.55 bits per heavy atom. The number of fused-ring (bicyclic) bond motifs is 1. The van der Waals surface area contributed by atoms with E-state index >= 15 is 0 Å². The number of rotatable bonds is 5. The van der Waals surface area contributed by atoms with Gasteiger partial charge in [-0.05, 0) is 0 Å². The molecule has 1 unspecified atom stereocenters. The molecule has 0 spiro atoms. The van der Waals surface area contributed by atoms with Gasteiger partial charge in [0.25, 0.3) is 0 Å². The van der Waals surface area contributed by atoms with Crippen LogP contribution in [0.3, 0.4) is 0 Å². The summed E-state index contributed by atoms with van der Waals surface area (Å²) in [5.74, 6) is 0. The van der Waals surface area contributed by atoms with Crippen molar-refractivity contribution >= 4 is 48.2 Å². The summed E-state index contributed by atoms with van der Waals surface area (Å²) in [7, 11) is 0. The van der Waals surface area contributed by atoms with Crippen LogP contribution in [0.25, 0.3) is 10.8 Å². The molecule has 0 fully saturated rings. The fraction of sp³-hybridized carbons (Fsp3) is 0.0714. The molecule has 0 aliphatic heterocycles. The summed E-state index contributed by atoms with van der Waals surface area (Å²) in [4.78, 5) is 9.52. The van der Waals surface area contributed by atoms with E-state index in [1.54, 1.807) is 6.33 Å². The molecule has 5 aromatic rings. The summed E-state index contributed by atoms with van der Waals surface area (Å²) in [6.07, 6.45) is 3.70. The van der Waals surface area contributed by atoms with Crippen LogP contribution in [0.5, 0.6) is 0 Å². The Bertz CT molecular complexity index is 1400. The first-order chi connectivity index (χ1) is 16.0. The van der Waals surface area contributed by atoms with Crippen LogP contribution in [-0.2, 0) is 5.60 Å². The fourth-order valence-corrected chi connectivity index (χ4v) is 4.91. The topological polar surface area (TPSA) is 50.4 Å². The molecule has 0 bridgehead atoms. The summed E-state index contributed by atoms with van der Waals surface area (Å²) in [5, 5.41) is 13.5. The van der Waals surface area contributed by atoms with Gasteiger partial charge >= 0.3 is 174 Å². The molecule has 1 aromatic heterocycles. The molecule has 1 N–H and O–H groups in total. The Hall–Kier alpha value is -3.10. The van der Waals surface area contributed by atoms with Crippen LogP contribution in [0.4, 0.5) is 5.69 Å². The average Bonchev–Trinajstić information content (AvgIpc) is 3.30. The van der Waals surface area contributed by atoms with Crippen LogP contribution in [0.1, 0.15) is 29.3 Å². The Kier molecular flexibility index (Phi) is 5.95. The molecule has 0 aliphatic carbocycles. The predicted molar refractivity (Wildman–Crippen MR) is 134 cm³/mol. The third-order valence-electron chi connectivity index (χ3n) is 5.83. The monoisotopic (exact) mass is 621 g/mol. The minimum atomic E-state index is -1.20. The molecular formula is C28H22N3OTl. The summed E-state index contributed by atoms with van der Waals surface area (Å²) in [5.41, 5.74) is 4.13. The quantitative estimate of drug-likeness (QED) is 0.212. The molecule has 0 saturated heterocycles. The van der Waals surface area contributed by atoms with E-state index in [1.807, 2.05) is 70.1 Å². The molecule has 0 saturated carbocycles. The second-order valence-corrected chi connectivity index (χ2v) is 10.5. The fourth-order valence-electron chi connectivity index (χ4n) is 4.10. The number of aliphatic hydroxyl groups is 1. The van der Waals surface area contributed by atoms with Crippen molar-refractivity contribution in [3.8, 4) is 0 Å². The zero-order valence-electron chi connectivity index (χ0n) is 18.3. The first-order valence-electron chi connectivity index (χ1n) is 10.8. The molecule has 0 aliphatic rings. The standard InChI is InChI=1S/C28H22N3O.Tl/c1-28(32,26-18-29-19-30-26)25-14-8-13-20-15-16-23(17-24(20)25)31-27(21-9-4-2-5-10-21)22-11-6-3-7-12-22;/h2-19,32H,1H3;/q-1;+1. The average molecular weight is 621 g/mol. The zero-order valence-corrected chi connectivity index (χ0v) is 22.7. The maximum absolute atomic E-state index is 11.5. The van der Waals surface area contributed by atoms with Crippen LogP contribution >= 0.6 is 0 Å². The predicted octanol–water partition coefficient (Wildman–Crippen LogP) is 5.39. The number of aromatic nitrogens is 2. The van der Waals surface area contributed by atoms with Crippen LogP contribution in [0.2, 0.25) is 0 Å². The van der Waals surface area contributed by atoms with Crippen LogP contribution in [0, 0.1) is 0 Å². The van der Waals surface area contributed by atoms with Gasteiger partial charge in [0.05, 0.1) is 0 Å². The van der Waals surface area contributed by atoms with Crippen molar-refractivity contribution in [1.29, 1.82) is 0 Å². The first-order valence-corrected chi connectivity index (χ1v) is 12.8. The molecule has 1 atom stereocenters. The molecule has 4 aromatic carbocycles. The van der Waals surface area contributed by atoms with Crippen molar-refractivity contribution < 1.29 is 5.11 Å². The number of nitrogens with zero attached hydrogens (tertiary/aromatic N) is 3.